The van der Waals surface area contributed by atoms with Crippen molar-refractivity contribution in [2.45, 2.75) is 32.0 Å². The van der Waals surface area contributed by atoms with Crippen molar-refractivity contribution in [1.29, 1.82) is 0 Å². The number of hydrogen-bond acceptors (Lipinski definition) is 3. The van der Waals surface area contributed by atoms with Crippen LogP contribution in [0.25, 0.3) is 0 Å². The van der Waals surface area contributed by atoms with Gasteiger partial charge in [0.2, 0.25) is 0 Å². The molecule has 4 nitrogen and oxygen atoms in total. The Balaban J connectivity index is 3.34. The SMILES string of the molecule is CC(CCC(=O)O)NCCOCC(F)(F)F. The molecule has 16 heavy (non-hydrogen) atoms. The predicted octanol–water partition coefficient (Wildman–Crippen LogP) is 1.41. The maximum Gasteiger partial charge on any atom is 0.411 e. The summed E-state index contributed by atoms with van der Waals surface area (Å²) in [6, 6.07) is -0.0504. The molecule has 0 spiro atoms. The number of ether oxygens (including phenoxy) is 1. The van der Waals surface area contributed by atoms with Crippen LogP contribution in [0.5, 0.6) is 0 Å². The lowest BCUT2D eigenvalue weighted by Gasteiger charge is -2.13. The Morgan fingerprint density at radius 2 is 2.12 bits per heavy atom. The van der Waals surface area contributed by atoms with Crippen molar-refractivity contribution in [3.05, 3.63) is 0 Å². The normalized spacial score (nSPS) is 13.8. The minimum Gasteiger partial charge on any atom is -0.481 e. The van der Waals surface area contributed by atoms with Crippen LogP contribution < -0.4 is 5.32 Å². The van der Waals surface area contributed by atoms with Crippen molar-refractivity contribution in [2.75, 3.05) is 19.8 Å². The van der Waals surface area contributed by atoms with Crippen molar-refractivity contribution in [1.82, 2.24) is 5.32 Å². The second-order valence-electron chi connectivity index (χ2n) is 3.46. The molecule has 0 saturated heterocycles. The van der Waals surface area contributed by atoms with Crippen LogP contribution in [-0.2, 0) is 9.53 Å². The first-order chi connectivity index (χ1) is 7.31. The third-order valence-electron chi connectivity index (χ3n) is 1.80. The number of rotatable bonds is 8. The van der Waals surface area contributed by atoms with Crippen LogP contribution in [0.3, 0.4) is 0 Å². The van der Waals surface area contributed by atoms with Crippen LogP contribution in [0.15, 0.2) is 0 Å². The molecule has 0 aliphatic carbocycles. The van der Waals surface area contributed by atoms with Crippen molar-refractivity contribution >= 4 is 5.97 Å². The van der Waals surface area contributed by atoms with E-state index in [0.717, 1.165) is 0 Å². The summed E-state index contributed by atoms with van der Waals surface area (Å²) in [5, 5.41) is 11.3. The molecule has 0 fully saturated rings. The Hall–Kier alpha value is -0.820. The fraction of sp³-hybridized carbons (Fsp3) is 0.889. The van der Waals surface area contributed by atoms with Crippen LogP contribution in [0.1, 0.15) is 19.8 Å². The van der Waals surface area contributed by atoms with Crippen LogP contribution in [0.2, 0.25) is 0 Å². The van der Waals surface area contributed by atoms with E-state index in [2.05, 4.69) is 10.1 Å². The number of halogens is 3. The van der Waals surface area contributed by atoms with E-state index < -0.39 is 18.8 Å². The third kappa shape index (κ3) is 11.3. The summed E-state index contributed by atoms with van der Waals surface area (Å²) in [4.78, 5) is 10.2. The highest BCUT2D eigenvalue weighted by atomic mass is 19.4. The molecule has 0 rings (SSSR count). The van der Waals surface area contributed by atoms with Gasteiger partial charge in [0.05, 0.1) is 6.61 Å². The number of carbonyl (C=O) groups is 1. The fourth-order valence-electron chi connectivity index (χ4n) is 1.01. The van der Waals surface area contributed by atoms with Gasteiger partial charge in [-0.15, -0.1) is 0 Å². The van der Waals surface area contributed by atoms with Gasteiger partial charge in [-0.2, -0.15) is 13.2 Å². The number of hydrogen-bond donors (Lipinski definition) is 2. The molecule has 0 aliphatic rings. The van der Waals surface area contributed by atoms with Crippen LogP contribution in [0.4, 0.5) is 13.2 Å². The van der Waals surface area contributed by atoms with Gasteiger partial charge in [0.15, 0.2) is 0 Å². The van der Waals surface area contributed by atoms with Gasteiger partial charge in [-0.3, -0.25) is 4.79 Å². The second-order valence-corrected chi connectivity index (χ2v) is 3.46. The van der Waals surface area contributed by atoms with E-state index in [4.69, 9.17) is 5.11 Å². The Bertz CT molecular complexity index is 209. The highest BCUT2D eigenvalue weighted by molar-refractivity contribution is 5.66. The monoisotopic (exact) mass is 243 g/mol. The topological polar surface area (TPSA) is 58.6 Å². The summed E-state index contributed by atoms with van der Waals surface area (Å²) in [5.74, 6) is -0.887. The number of nitrogens with one attached hydrogen (secondary N) is 1. The molecule has 2 N–H and O–H groups in total. The molecule has 7 heteroatoms. The van der Waals surface area contributed by atoms with E-state index in [9.17, 15) is 18.0 Å². The lowest BCUT2D eigenvalue weighted by Crippen LogP contribution is -2.31. The molecule has 0 radical (unpaired) electrons. The van der Waals surface area contributed by atoms with Crippen molar-refractivity contribution < 1.29 is 27.8 Å². The smallest absolute Gasteiger partial charge is 0.411 e. The minimum absolute atomic E-state index is 0.0393. The predicted molar refractivity (Wildman–Crippen MR) is 51.2 cm³/mol. The van der Waals surface area contributed by atoms with Gasteiger partial charge in [-0.05, 0) is 13.3 Å². The third-order valence-corrected chi connectivity index (χ3v) is 1.80. The lowest BCUT2D eigenvalue weighted by atomic mass is 10.2. The molecule has 0 heterocycles. The number of carboxylic acids is 1. The zero-order valence-electron chi connectivity index (χ0n) is 9.01. The second kappa shape index (κ2) is 7.45. The Morgan fingerprint density at radius 3 is 2.62 bits per heavy atom. The quantitative estimate of drug-likeness (QED) is 0.633. The molecule has 0 aromatic rings. The molecule has 96 valence electrons. The van der Waals surface area contributed by atoms with E-state index >= 15 is 0 Å². The Kier molecular flexibility index (Phi) is 7.07. The van der Waals surface area contributed by atoms with E-state index in [-0.39, 0.29) is 25.6 Å². The van der Waals surface area contributed by atoms with Gasteiger partial charge in [0, 0.05) is 19.0 Å². The van der Waals surface area contributed by atoms with E-state index in [1.165, 1.54) is 0 Å². The summed E-state index contributed by atoms with van der Waals surface area (Å²) in [6.45, 7) is 0.749. The highest BCUT2D eigenvalue weighted by Crippen LogP contribution is 2.13. The van der Waals surface area contributed by atoms with E-state index in [0.29, 0.717) is 6.42 Å². The van der Waals surface area contributed by atoms with Crippen LogP contribution >= 0.6 is 0 Å². The summed E-state index contributed by atoms with van der Waals surface area (Å²) in [7, 11) is 0. The zero-order chi connectivity index (χ0) is 12.6. The largest absolute Gasteiger partial charge is 0.481 e. The Labute approximate surface area is 91.8 Å². The van der Waals surface area contributed by atoms with Crippen LogP contribution in [-0.4, -0.2) is 43.1 Å². The van der Waals surface area contributed by atoms with Gasteiger partial charge in [-0.1, -0.05) is 0 Å². The molecular weight excluding hydrogens is 227 g/mol. The zero-order valence-corrected chi connectivity index (χ0v) is 9.01. The maximum absolute atomic E-state index is 11.6. The number of carboxylic acid groups (broad SMARTS) is 1. The summed E-state index contributed by atoms with van der Waals surface area (Å²) in [6.07, 6.45) is -3.82. The average Bonchev–Trinajstić information content (AvgIpc) is 2.12. The van der Waals surface area contributed by atoms with Crippen LogP contribution in [0, 0.1) is 0 Å². The summed E-state index contributed by atoms with van der Waals surface area (Å²) >= 11 is 0. The molecule has 1 unspecified atom stereocenters. The maximum atomic E-state index is 11.6. The molecule has 0 aliphatic heterocycles. The van der Waals surface area contributed by atoms with Crippen molar-refractivity contribution in [3.63, 3.8) is 0 Å². The first-order valence-corrected chi connectivity index (χ1v) is 4.91. The molecule has 0 amide bonds. The fourth-order valence-corrected chi connectivity index (χ4v) is 1.01. The average molecular weight is 243 g/mol. The Morgan fingerprint density at radius 1 is 1.50 bits per heavy atom. The number of aliphatic carboxylic acids is 1. The van der Waals surface area contributed by atoms with Crippen molar-refractivity contribution in [3.8, 4) is 0 Å². The first kappa shape index (κ1) is 15.2. The highest BCUT2D eigenvalue weighted by Gasteiger charge is 2.27. The first-order valence-electron chi connectivity index (χ1n) is 4.91. The minimum atomic E-state index is -4.30. The van der Waals surface area contributed by atoms with Gasteiger partial charge in [0.1, 0.15) is 6.61 Å². The lowest BCUT2D eigenvalue weighted by molar-refractivity contribution is -0.173. The van der Waals surface area contributed by atoms with Gasteiger partial charge >= 0.3 is 12.1 Å². The summed E-state index contributed by atoms with van der Waals surface area (Å²) in [5.41, 5.74) is 0. The van der Waals surface area contributed by atoms with Gasteiger partial charge < -0.3 is 15.2 Å². The van der Waals surface area contributed by atoms with Gasteiger partial charge in [0.25, 0.3) is 0 Å². The molecule has 1 atom stereocenters. The van der Waals surface area contributed by atoms with E-state index in [1.807, 2.05) is 0 Å². The molecule has 0 aromatic heterocycles. The standard InChI is InChI=1S/C9H16F3NO3/c1-7(2-3-8(14)15)13-4-5-16-6-9(10,11)12/h7,13H,2-6H2,1H3,(H,14,15). The van der Waals surface area contributed by atoms with Crippen molar-refractivity contribution in [2.24, 2.45) is 0 Å². The molecule has 0 aromatic carbocycles. The summed E-state index contributed by atoms with van der Waals surface area (Å²) < 4.78 is 39.3. The number of alkyl halides is 3. The molecule has 0 saturated carbocycles. The molecule has 0 bridgehead atoms. The van der Waals surface area contributed by atoms with Gasteiger partial charge in [-0.25, -0.2) is 0 Å². The van der Waals surface area contributed by atoms with E-state index in [1.54, 1.807) is 6.92 Å². The molecular formula is C9H16F3NO3.